The van der Waals surface area contributed by atoms with Crippen LogP contribution in [0, 0.1) is 23.7 Å². The summed E-state index contributed by atoms with van der Waals surface area (Å²) < 4.78 is 0. The zero-order valence-corrected chi connectivity index (χ0v) is 14.8. The normalized spacial score (nSPS) is 33.2. The van der Waals surface area contributed by atoms with Gasteiger partial charge in [0.15, 0.2) is 0 Å². The third kappa shape index (κ3) is 4.50. The van der Waals surface area contributed by atoms with Crippen molar-refractivity contribution in [2.45, 2.75) is 70.3 Å². The molecule has 3 aliphatic rings. The van der Waals surface area contributed by atoms with E-state index in [-0.39, 0.29) is 17.7 Å². The molecule has 5 heteroatoms. The molecule has 2 amide bonds. The van der Waals surface area contributed by atoms with E-state index >= 15 is 0 Å². The van der Waals surface area contributed by atoms with Gasteiger partial charge >= 0.3 is 0 Å². The Morgan fingerprint density at radius 2 is 1.50 bits per heavy atom. The van der Waals surface area contributed by atoms with Crippen LogP contribution in [0.15, 0.2) is 0 Å². The molecule has 3 aliphatic carbocycles. The molecular weight excluding hydrogens is 302 g/mol. The topological polar surface area (TPSA) is 84.2 Å². The first-order valence-corrected chi connectivity index (χ1v) is 9.93. The van der Waals surface area contributed by atoms with E-state index in [9.17, 15) is 9.59 Å². The molecule has 3 fully saturated rings. The third-order valence-corrected chi connectivity index (χ3v) is 6.48. The van der Waals surface area contributed by atoms with Gasteiger partial charge in [-0.2, -0.15) is 0 Å². The van der Waals surface area contributed by atoms with Crippen molar-refractivity contribution >= 4 is 11.8 Å². The molecular formula is C19H33N3O2. The van der Waals surface area contributed by atoms with Crippen molar-refractivity contribution in [1.29, 1.82) is 0 Å². The van der Waals surface area contributed by atoms with Crippen LogP contribution in [0.5, 0.6) is 0 Å². The molecule has 0 aromatic rings. The van der Waals surface area contributed by atoms with Crippen molar-refractivity contribution in [3.8, 4) is 0 Å². The zero-order valence-electron chi connectivity index (χ0n) is 14.8. The van der Waals surface area contributed by atoms with Crippen molar-refractivity contribution in [2.75, 3.05) is 13.1 Å². The monoisotopic (exact) mass is 335 g/mol. The second kappa shape index (κ2) is 8.32. The SMILES string of the molecule is NC1C2CCCC1CC(C(=O)NCCNC(=O)CC1CCCC1)C2. The summed E-state index contributed by atoms with van der Waals surface area (Å²) in [4.78, 5) is 24.3. The molecule has 2 atom stereocenters. The number of hydrogen-bond donors (Lipinski definition) is 3. The predicted molar refractivity (Wildman–Crippen MR) is 94.1 cm³/mol. The number of rotatable bonds is 6. The molecule has 3 rings (SSSR count). The maximum absolute atomic E-state index is 12.4. The molecule has 2 bridgehead atoms. The van der Waals surface area contributed by atoms with E-state index in [1.165, 1.54) is 44.9 Å². The minimum Gasteiger partial charge on any atom is -0.354 e. The second-order valence-corrected chi connectivity index (χ2v) is 8.19. The number of nitrogens with two attached hydrogens (primary N) is 1. The van der Waals surface area contributed by atoms with Gasteiger partial charge in [-0.3, -0.25) is 9.59 Å². The second-order valence-electron chi connectivity index (χ2n) is 8.19. The third-order valence-electron chi connectivity index (χ3n) is 6.48. The van der Waals surface area contributed by atoms with Gasteiger partial charge in [-0.15, -0.1) is 0 Å². The Hall–Kier alpha value is -1.10. The number of carbonyl (C=O) groups excluding carboxylic acids is 2. The number of fused-ring (bicyclic) bond motifs is 2. The van der Waals surface area contributed by atoms with E-state index in [4.69, 9.17) is 5.73 Å². The molecule has 0 saturated heterocycles. The lowest BCUT2D eigenvalue weighted by atomic mass is 9.65. The average Bonchev–Trinajstić information content (AvgIpc) is 3.04. The summed E-state index contributed by atoms with van der Waals surface area (Å²) in [5.74, 6) is 2.04. The Bertz CT molecular complexity index is 434. The van der Waals surface area contributed by atoms with Crippen molar-refractivity contribution in [3.05, 3.63) is 0 Å². The van der Waals surface area contributed by atoms with Crippen molar-refractivity contribution in [2.24, 2.45) is 29.4 Å². The first-order chi connectivity index (χ1) is 11.6. The lowest BCUT2D eigenvalue weighted by Crippen LogP contribution is -2.49. The van der Waals surface area contributed by atoms with E-state index in [0.717, 1.165) is 12.8 Å². The van der Waals surface area contributed by atoms with E-state index in [1.807, 2.05) is 0 Å². The highest BCUT2D eigenvalue weighted by Gasteiger charge is 2.40. The maximum atomic E-state index is 12.4. The lowest BCUT2D eigenvalue weighted by molar-refractivity contribution is -0.128. The molecule has 2 unspecified atom stereocenters. The summed E-state index contributed by atoms with van der Waals surface area (Å²) in [7, 11) is 0. The van der Waals surface area contributed by atoms with Crippen LogP contribution < -0.4 is 16.4 Å². The van der Waals surface area contributed by atoms with Crippen LogP contribution in [0.3, 0.4) is 0 Å². The summed E-state index contributed by atoms with van der Waals surface area (Å²) >= 11 is 0. The Labute approximate surface area is 145 Å². The Morgan fingerprint density at radius 3 is 2.17 bits per heavy atom. The van der Waals surface area contributed by atoms with Gasteiger partial charge in [0, 0.05) is 31.5 Å². The molecule has 0 radical (unpaired) electrons. The highest BCUT2D eigenvalue weighted by atomic mass is 16.2. The minimum atomic E-state index is 0.120. The first kappa shape index (κ1) is 17.7. The summed E-state index contributed by atoms with van der Waals surface area (Å²) in [6.07, 6.45) is 11.1. The quantitative estimate of drug-likeness (QED) is 0.649. The number of carbonyl (C=O) groups is 2. The lowest BCUT2D eigenvalue weighted by Gasteiger charge is -2.43. The fourth-order valence-electron chi connectivity index (χ4n) is 5.08. The van der Waals surface area contributed by atoms with Gasteiger partial charge in [-0.05, 0) is 56.3 Å². The molecule has 3 saturated carbocycles. The number of amides is 2. The van der Waals surface area contributed by atoms with Crippen LogP contribution in [-0.4, -0.2) is 30.9 Å². The Morgan fingerprint density at radius 1 is 0.875 bits per heavy atom. The molecule has 136 valence electrons. The van der Waals surface area contributed by atoms with Crippen LogP contribution in [-0.2, 0) is 9.59 Å². The van der Waals surface area contributed by atoms with Gasteiger partial charge in [0.05, 0.1) is 0 Å². The van der Waals surface area contributed by atoms with E-state index in [2.05, 4.69) is 10.6 Å². The molecule has 4 N–H and O–H groups in total. The van der Waals surface area contributed by atoms with E-state index < -0.39 is 0 Å². The van der Waals surface area contributed by atoms with Crippen molar-refractivity contribution < 1.29 is 9.59 Å². The largest absolute Gasteiger partial charge is 0.354 e. The molecule has 0 aliphatic heterocycles. The maximum Gasteiger partial charge on any atom is 0.223 e. The summed E-state index contributed by atoms with van der Waals surface area (Å²) in [6.45, 7) is 1.07. The fourth-order valence-corrected chi connectivity index (χ4v) is 5.08. The molecule has 0 aromatic carbocycles. The van der Waals surface area contributed by atoms with Gasteiger partial charge in [0.25, 0.3) is 0 Å². The minimum absolute atomic E-state index is 0.120. The van der Waals surface area contributed by atoms with Gasteiger partial charge in [-0.1, -0.05) is 19.3 Å². The van der Waals surface area contributed by atoms with Crippen LogP contribution in [0.25, 0.3) is 0 Å². The smallest absolute Gasteiger partial charge is 0.223 e. The zero-order chi connectivity index (χ0) is 16.9. The summed E-state index contributed by atoms with van der Waals surface area (Å²) in [6, 6.07) is 0.303. The first-order valence-electron chi connectivity index (χ1n) is 9.93. The van der Waals surface area contributed by atoms with Gasteiger partial charge in [-0.25, -0.2) is 0 Å². The number of nitrogens with one attached hydrogen (secondary N) is 2. The van der Waals surface area contributed by atoms with Gasteiger partial charge in [0.1, 0.15) is 0 Å². The predicted octanol–water partition coefficient (Wildman–Crippen LogP) is 1.95. The van der Waals surface area contributed by atoms with Gasteiger partial charge < -0.3 is 16.4 Å². The van der Waals surface area contributed by atoms with Crippen LogP contribution in [0.1, 0.15) is 64.2 Å². The van der Waals surface area contributed by atoms with E-state index in [0.29, 0.717) is 43.3 Å². The van der Waals surface area contributed by atoms with Gasteiger partial charge in [0.2, 0.25) is 11.8 Å². The van der Waals surface area contributed by atoms with E-state index in [1.54, 1.807) is 0 Å². The molecule has 24 heavy (non-hydrogen) atoms. The summed E-state index contributed by atoms with van der Waals surface area (Å²) in [5, 5.41) is 5.95. The molecule has 0 aromatic heterocycles. The average molecular weight is 335 g/mol. The standard InChI is InChI=1S/C19H33N3O2/c20-18-14-6-3-7-15(18)12-16(11-14)19(24)22-9-8-21-17(23)10-13-4-1-2-5-13/h13-16,18H,1-12,20H2,(H,21,23)(H,22,24). The van der Waals surface area contributed by atoms with Crippen molar-refractivity contribution in [3.63, 3.8) is 0 Å². The highest BCUT2D eigenvalue weighted by Crippen LogP contribution is 2.41. The molecule has 0 heterocycles. The number of hydrogen-bond acceptors (Lipinski definition) is 3. The highest BCUT2D eigenvalue weighted by molar-refractivity contribution is 5.79. The Kier molecular flexibility index (Phi) is 6.14. The summed E-state index contributed by atoms with van der Waals surface area (Å²) in [5.41, 5.74) is 6.29. The molecule has 0 spiro atoms. The Balaban J connectivity index is 1.32. The van der Waals surface area contributed by atoms with Crippen LogP contribution in [0.2, 0.25) is 0 Å². The van der Waals surface area contributed by atoms with Crippen LogP contribution >= 0.6 is 0 Å². The van der Waals surface area contributed by atoms with Crippen molar-refractivity contribution in [1.82, 2.24) is 10.6 Å². The fraction of sp³-hybridized carbons (Fsp3) is 0.895. The molecule has 5 nitrogen and oxygen atoms in total. The van der Waals surface area contributed by atoms with Crippen LogP contribution in [0.4, 0.5) is 0 Å².